The van der Waals surface area contributed by atoms with Gasteiger partial charge in [-0.05, 0) is 36.6 Å². The Morgan fingerprint density at radius 3 is 2.56 bits per heavy atom. The molecule has 6 heteroatoms. The molecule has 0 radical (unpaired) electrons. The zero-order valence-electron chi connectivity index (χ0n) is 9.73. The molecule has 2 rings (SSSR count). The highest BCUT2D eigenvalue weighted by Gasteiger charge is 2.29. The van der Waals surface area contributed by atoms with Gasteiger partial charge >= 0.3 is 0 Å². The molecule has 1 saturated heterocycles. The van der Waals surface area contributed by atoms with Crippen LogP contribution in [0.5, 0.6) is 0 Å². The highest BCUT2D eigenvalue weighted by Crippen LogP contribution is 2.22. The second kappa shape index (κ2) is 5.28. The van der Waals surface area contributed by atoms with Crippen LogP contribution in [-0.2, 0) is 14.6 Å². The third kappa shape index (κ3) is 3.71. The van der Waals surface area contributed by atoms with Gasteiger partial charge in [0.05, 0.1) is 11.5 Å². The van der Waals surface area contributed by atoms with Gasteiger partial charge in [-0.3, -0.25) is 4.79 Å². The average molecular weight is 288 g/mol. The van der Waals surface area contributed by atoms with Crippen molar-refractivity contribution < 1.29 is 13.2 Å². The summed E-state index contributed by atoms with van der Waals surface area (Å²) in [4.78, 5) is 11.7. The second-order valence-corrected chi connectivity index (χ2v) is 7.19. The van der Waals surface area contributed by atoms with E-state index in [9.17, 15) is 13.2 Å². The van der Waals surface area contributed by atoms with Crippen molar-refractivity contribution in [3.05, 3.63) is 29.3 Å². The van der Waals surface area contributed by atoms with E-state index in [4.69, 9.17) is 11.6 Å². The molecule has 0 aromatic heterocycles. The minimum absolute atomic E-state index is 0.0534. The summed E-state index contributed by atoms with van der Waals surface area (Å²) in [7, 11) is -2.92. The quantitative estimate of drug-likeness (QED) is 0.926. The lowest BCUT2D eigenvalue weighted by molar-refractivity contribution is -0.116. The molecule has 0 spiro atoms. The SMILES string of the molecule is O=C(C[C@@H]1CCS(=O)(=O)C1)Nc1ccc(Cl)cc1. The van der Waals surface area contributed by atoms with Gasteiger partial charge in [0.15, 0.2) is 9.84 Å². The van der Waals surface area contributed by atoms with Gasteiger partial charge in [0, 0.05) is 17.1 Å². The first-order chi connectivity index (χ1) is 8.44. The molecule has 0 aliphatic carbocycles. The normalized spacial score (nSPS) is 21.7. The summed E-state index contributed by atoms with van der Waals surface area (Å²) in [6.45, 7) is 0. The van der Waals surface area contributed by atoms with Gasteiger partial charge in [-0.2, -0.15) is 0 Å². The summed E-state index contributed by atoms with van der Waals surface area (Å²) in [5.41, 5.74) is 0.672. The van der Waals surface area contributed by atoms with Gasteiger partial charge in [0.2, 0.25) is 5.91 Å². The number of sulfone groups is 1. The topological polar surface area (TPSA) is 63.2 Å². The van der Waals surface area contributed by atoms with Crippen LogP contribution < -0.4 is 5.32 Å². The number of hydrogen-bond donors (Lipinski definition) is 1. The summed E-state index contributed by atoms with van der Waals surface area (Å²) in [6, 6.07) is 6.81. The maximum absolute atomic E-state index is 11.7. The molecule has 1 aliphatic rings. The molecule has 1 aromatic rings. The van der Waals surface area contributed by atoms with Crippen molar-refractivity contribution in [3.8, 4) is 0 Å². The standard InChI is InChI=1S/C12H14ClNO3S/c13-10-1-3-11(4-2-10)14-12(15)7-9-5-6-18(16,17)8-9/h1-4,9H,5-8H2,(H,14,15)/t9-/m0/s1. The molecule has 1 fully saturated rings. The summed E-state index contributed by atoms with van der Waals surface area (Å²) in [6.07, 6.45) is 0.832. The molecule has 1 aromatic carbocycles. The molecule has 1 aliphatic heterocycles. The van der Waals surface area contributed by atoms with E-state index < -0.39 is 9.84 Å². The third-order valence-electron chi connectivity index (χ3n) is 2.93. The van der Waals surface area contributed by atoms with Gasteiger partial charge in [-0.1, -0.05) is 11.6 Å². The fourth-order valence-electron chi connectivity index (χ4n) is 2.04. The van der Waals surface area contributed by atoms with Crippen molar-refractivity contribution in [2.75, 3.05) is 16.8 Å². The first kappa shape index (κ1) is 13.4. The lowest BCUT2D eigenvalue weighted by atomic mass is 10.1. The molecule has 1 amide bonds. The number of amides is 1. The minimum Gasteiger partial charge on any atom is -0.326 e. The van der Waals surface area contributed by atoms with Crippen molar-refractivity contribution >= 4 is 33.0 Å². The van der Waals surface area contributed by atoms with E-state index in [1.807, 2.05) is 0 Å². The number of anilines is 1. The Bertz CT molecular complexity index is 539. The minimum atomic E-state index is -2.92. The number of benzene rings is 1. The van der Waals surface area contributed by atoms with Crippen LogP contribution in [0.3, 0.4) is 0 Å². The first-order valence-corrected chi connectivity index (χ1v) is 7.90. The zero-order chi connectivity index (χ0) is 13.2. The van der Waals surface area contributed by atoms with Crippen molar-refractivity contribution in [1.82, 2.24) is 0 Å². The molecule has 1 atom stereocenters. The number of nitrogens with one attached hydrogen (secondary N) is 1. The monoisotopic (exact) mass is 287 g/mol. The third-order valence-corrected chi connectivity index (χ3v) is 5.02. The molecule has 4 nitrogen and oxygen atoms in total. The highest BCUT2D eigenvalue weighted by atomic mass is 35.5. The fraction of sp³-hybridized carbons (Fsp3) is 0.417. The Hall–Kier alpha value is -1.07. The van der Waals surface area contributed by atoms with E-state index in [1.165, 1.54) is 0 Å². The molecular weight excluding hydrogens is 274 g/mol. The Morgan fingerprint density at radius 1 is 1.33 bits per heavy atom. The molecule has 1 heterocycles. The van der Waals surface area contributed by atoms with Crippen LogP contribution in [0.25, 0.3) is 0 Å². The Kier molecular flexibility index (Phi) is 3.92. The maximum Gasteiger partial charge on any atom is 0.224 e. The largest absolute Gasteiger partial charge is 0.326 e. The number of hydrogen-bond acceptors (Lipinski definition) is 3. The molecule has 1 N–H and O–H groups in total. The predicted molar refractivity (Wildman–Crippen MR) is 71.5 cm³/mol. The van der Waals surface area contributed by atoms with E-state index >= 15 is 0 Å². The van der Waals surface area contributed by atoms with Gasteiger partial charge < -0.3 is 5.32 Å². The summed E-state index contributed by atoms with van der Waals surface area (Å²) in [5, 5.41) is 3.34. The summed E-state index contributed by atoms with van der Waals surface area (Å²) < 4.78 is 22.5. The Balaban J connectivity index is 1.88. The fourth-order valence-corrected chi connectivity index (χ4v) is 4.03. The lowest BCUT2D eigenvalue weighted by Gasteiger charge is -2.08. The summed E-state index contributed by atoms with van der Waals surface area (Å²) in [5.74, 6) is 0.120. The predicted octanol–water partition coefficient (Wildman–Crippen LogP) is 2.10. The van der Waals surface area contributed by atoms with Crippen LogP contribution in [-0.4, -0.2) is 25.8 Å². The van der Waals surface area contributed by atoms with E-state index in [0.29, 0.717) is 17.1 Å². The van der Waals surface area contributed by atoms with Crippen molar-refractivity contribution in [3.63, 3.8) is 0 Å². The number of carbonyl (C=O) groups excluding carboxylic acids is 1. The average Bonchev–Trinajstić information content (AvgIpc) is 2.61. The molecule has 98 valence electrons. The molecule has 0 bridgehead atoms. The smallest absolute Gasteiger partial charge is 0.224 e. The number of rotatable bonds is 3. The summed E-state index contributed by atoms with van der Waals surface area (Å²) >= 11 is 5.74. The van der Waals surface area contributed by atoms with E-state index in [1.54, 1.807) is 24.3 Å². The zero-order valence-corrected chi connectivity index (χ0v) is 11.3. The van der Waals surface area contributed by atoms with Crippen LogP contribution >= 0.6 is 11.6 Å². The molecule has 0 unspecified atom stereocenters. The number of halogens is 1. The highest BCUT2D eigenvalue weighted by molar-refractivity contribution is 7.91. The maximum atomic E-state index is 11.7. The van der Waals surface area contributed by atoms with Crippen LogP contribution in [0.15, 0.2) is 24.3 Å². The van der Waals surface area contributed by atoms with Gasteiger partial charge in [0.25, 0.3) is 0 Å². The van der Waals surface area contributed by atoms with Crippen molar-refractivity contribution in [1.29, 1.82) is 0 Å². The Morgan fingerprint density at radius 2 is 2.00 bits per heavy atom. The molecular formula is C12H14ClNO3S. The van der Waals surface area contributed by atoms with Gasteiger partial charge in [-0.25, -0.2) is 8.42 Å². The van der Waals surface area contributed by atoms with Crippen molar-refractivity contribution in [2.24, 2.45) is 5.92 Å². The van der Waals surface area contributed by atoms with Crippen LogP contribution in [0, 0.1) is 5.92 Å². The molecule has 18 heavy (non-hydrogen) atoms. The van der Waals surface area contributed by atoms with Gasteiger partial charge in [-0.15, -0.1) is 0 Å². The van der Waals surface area contributed by atoms with E-state index in [-0.39, 0.29) is 29.8 Å². The van der Waals surface area contributed by atoms with E-state index in [0.717, 1.165) is 0 Å². The van der Waals surface area contributed by atoms with Crippen molar-refractivity contribution in [2.45, 2.75) is 12.8 Å². The first-order valence-electron chi connectivity index (χ1n) is 5.70. The molecule has 0 saturated carbocycles. The van der Waals surface area contributed by atoms with Crippen LogP contribution in [0.2, 0.25) is 5.02 Å². The van der Waals surface area contributed by atoms with Crippen LogP contribution in [0.1, 0.15) is 12.8 Å². The Labute approximate surface area is 111 Å². The van der Waals surface area contributed by atoms with Gasteiger partial charge in [0.1, 0.15) is 0 Å². The van der Waals surface area contributed by atoms with Crippen LogP contribution in [0.4, 0.5) is 5.69 Å². The lowest BCUT2D eigenvalue weighted by Crippen LogP contribution is -2.17. The number of carbonyl (C=O) groups is 1. The second-order valence-electron chi connectivity index (χ2n) is 4.53. The van der Waals surface area contributed by atoms with E-state index in [2.05, 4.69) is 5.32 Å².